The summed E-state index contributed by atoms with van der Waals surface area (Å²) in [5.74, 6) is 2.54. The van der Waals surface area contributed by atoms with Crippen molar-refractivity contribution in [1.82, 2.24) is 20.8 Å². The minimum atomic E-state index is 0.303. The maximum Gasteiger partial charge on any atom is 0.226 e. The number of nitrogens with zero attached hydrogens (tertiary/aromatic N) is 3. The molecule has 0 aromatic carbocycles. The molecule has 1 rings (SSSR count). The van der Waals surface area contributed by atoms with Gasteiger partial charge in [0.1, 0.15) is 0 Å². The molecular weight excluding hydrogens is 242 g/mol. The molecule has 1 aromatic heterocycles. The second-order valence-corrected chi connectivity index (χ2v) is 4.47. The molecule has 1 heterocycles. The average molecular weight is 265 g/mol. The van der Waals surface area contributed by atoms with E-state index in [0.717, 1.165) is 31.2 Å². The number of rotatable bonds is 7. The molecule has 0 amide bonds. The van der Waals surface area contributed by atoms with Gasteiger partial charge in [0.15, 0.2) is 11.8 Å². The Balaban J connectivity index is 2.24. The molecule has 0 saturated heterocycles. The highest BCUT2D eigenvalue weighted by atomic mass is 16.5. The highest BCUT2D eigenvalue weighted by molar-refractivity contribution is 5.79. The van der Waals surface area contributed by atoms with E-state index in [-0.39, 0.29) is 0 Å². The quantitative estimate of drug-likeness (QED) is 0.338. The predicted octanol–water partition coefficient (Wildman–Crippen LogP) is 1.48. The lowest BCUT2D eigenvalue weighted by Gasteiger charge is -2.09. The van der Waals surface area contributed by atoms with Gasteiger partial charge < -0.3 is 15.2 Å². The van der Waals surface area contributed by atoms with Gasteiger partial charge in [-0.15, -0.1) is 6.58 Å². The molecular formula is C13H23N5O. The first-order valence-electron chi connectivity index (χ1n) is 6.55. The number of aliphatic imine (C=N–C) groups is 1. The first-order chi connectivity index (χ1) is 9.17. The van der Waals surface area contributed by atoms with E-state index < -0.39 is 0 Å². The minimum absolute atomic E-state index is 0.303. The van der Waals surface area contributed by atoms with Crippen molar-refractivity contribution in [2.24, 2.45) is 4.99 Å². The zero-order valence-electron chi connectivity index (χ0n) is 11.9. The Labute approximate surface area is 114 Å². The summed E-state index contributed by atoms with van der Waals surface area (Å²) >= 11 is 0. The van der Waals surface area contributed by atoms with Crippen LogP contribution in [0, 0.1) is 0 Å². The molecule has 0 radical (unpaired) electrons. The molecule has 0 unspecified atom stereocenters. The number of aromatic nitrogens is 2. The number of guanidine groups is 1. The first kappa shape index (κ1) is 15.2. The van der Waals surface area contributed by atoms with Crippen LogP contribution in [0.1, 0.15) is 37.9 Å². The van der Waals surface area contributed by atoms with Crippen molar-refractivity contribution >= 4 is 5.96 Å². The van der Waals surface area contributed by atoms with E-state index in [1.807, 2.05) is 13.8 Å². The van der Waals surface area contributed by atoms with Crippen LogP contribution in [-0.4, -0.2) is 36.2 Å². The van der Waals surface area contributed by atoms with Gasteiger partial charge in [-0.1, -0.05) is 25.1 Å². The van der Waals surface area contributed by atoms with Gasteiger partial charge in [0.05, 0.1) is 0 Å². The molecule has 0 aliphatic rings. The molecule has 0 atom stereocenters. The second-order valence-electron chi connectivity index (χ2n) is 4.47. The largest absolute Gasteiger partial charge is 0.356 e. The van der Waals surface area contributed by atoms with Crippen LogP contribution in [0.5, 0.6) is 0 Å². The van der Waals surface area contributed by atoms with E-state index in [2.05, 4.69) is 32.3 Å². The zero-order valence-corrected chi connectivity index (χ0v) is 11.9. The van der Waals surface area contributed by atoms with Gasteiger partial charge in [0, 0.05) is 32.5 Å². The van der Waals surface area contributed by atoms with E-state index in [1.165, 1.54) is 0 Å². The predicted molar refractivity (Wildman–Crippen MR) is 76.3 cm³/mol. The van der Waals surface area contributed by atoms with E-state index in [0.29, 0.717) is 18.4 Å². The van der Waals surface area contributed by atoms with Crippen LogP contribution in [0.15, 0.2) is 22.2 Å². The molecule has 0 spiro atoms. The summed E-state index contributed by atoms with van der Waals surface area (Å²) in [6.45, 7) is 9.24. The topological polar surface area (TPSA) is 75.3 Å². The van der Waals surface area contributed by atoms with Crippen molar-refractivity contribution in [1.29, 1.82) is 0 Å². The molecule has 0 fully saturated rings. The highest BCUT2D eigenvalue weighted by Crippen LogP contribution is 2.10. The maximum absolute atomic E-state index is 5.18. The van der Waals surface area contributed by atoms with E-state index in [1.54, 1.807) is 13.1 Å². The lowest BCUT2D eigenvalue weighted by Crippen LogP contribution is -2.37. The van der Waals surface area contributed by atoms with Gasteiger partial charge in [-0.2, -0.15) is 4.98 Å². The van der Waals surface area contributed by atoms with E-state index in [9.17, 15) is 0 Å². The zero-order chi connectivity index (χ0) is 14.1. The van der Waals surface area contributed by atoms with Crippen molar-refractivity contribution in [2.45, 2.75) is 32.6 Å². The van der Waals surface area contributed by atoms with Gasteiger partial charge in [0.2, 0.25) is 5.89 Å². The van der Waals surface area contributed by atoms with Crippen LogP contribution in [-0.2, 0) is 6.42 Å². The van der Waals surface area contributed by atoms with Crippen LogP contribution >= 0.6 is 0 Å². The number of aryl methyl sites for hydroxylation is 1. The molecule has 19 heavy (non-hydrogen) atoms. The molecule has 106 valence electrons. The Morgan fingerprint density at radius 1 is 1.47 bits per heavy atom. The van der Waals surface area contributed by atoms with Gasteiger partial charge >= 0.3 is 0 Å². The summed E-state index contributed by atoms with van der Waals surface area (Å²) in [6.07, 6.45) is 3.47. The SMILES string of the molecule is C=CCNC(=NC)NCCCc1nc(C(C)C)no1. The Morgan fingerprint density at radius 3 is 2.84 bits per heavy atom. The highest BCUT2D eigenvalue weighted by Gasteiger charge is 2.08. The Kier molecular flexibility index (Phi) is 6.63. The second kappa shape index (κ2) is 8.29. The smallest absolute Gasteiger partial charge is 0.226 e. The fourth-order valence-corrected chi connectivity index (χ4v) is 1.44. The molecule has 6 heteroatoms. The summed E-state index contributed by atoms with van der Waals surface area (Å²) in [5, 5.41) is 10.2. The van der Waals surface area contributed by atoms with Crippen LogP contribution in [0.3, 0.4) is 0 Å². The van der Waals surface area contributed by atoms with Crippen LogP contribution in [0.2, 0.25) is 0 Å². The van der Waals surface area contributed by atoms with Crippen molar-refractivity contribution in [2.75, 3.05) is 20.1 Å². The van der Waals surface area contributed by atoms with E-state index in [4.69, 9.17) is 4.52 Å². The molecule has 6 nitrogen and oxygen atoms in total. The molecule has 0 saturated carbocycles. The van der Waals surface area contributed by atoms with Crippen LogP contribution < -0.4 is 10.6 Å². The lowest BCUT2D eigenvalue weighted by molar-refractivity contribution is 0.368. The maximum atomic E-state index is 5.18. The summed E-state index contributed by atoms with van der Waals surface area (Å²) in [7, 11) is 1.74. The summed E-state index contributed by atoms with van der Waals surface area (Å²) in [5.41, 5.74) is 0. The third kappa shape index (κ3) is 5.54. The number of hydrogen-bond donors (Lipinski definition) is 2. The monoisotopic (exact) mass is 265 g/mol. The third-order valence-corrected chi connectivity index (χ3v) is 2.50. The van der Waals surface area contributed by atoms with Crippen molar-refractivity contribution in [3.05, 3.63) is 24.4 Å². The molecule has 0 aliphatic carbocycles. The standard InChI is InChI=1S/C13H23N5O/c1-5-8-15-13(14-4)16-9-6-7-11-17-12(10(2)3)18-19-11/h5,10H,1,6-9H2,2-4H3,(H2,14,15,16). The Bertz CT molecular complexity index is 411. The minimum Gasteiger partial charge on any atom is -0.356 e. The molecule has 2 N–H and O–H groups in total. The summed E-state index contributed by atoms with van der Waals surface area (Å²) in [4.78, 5) is 8.42. The third-order valence-electron chi connectivity index (χ3n) is 2.50. The normalized spacial score (nSPS) is 11.7. The lowest BCUT2D eigenvalue weighted by atomic mass is 10.2. The summed E-state index contributed by atoms with van der Waals surface area (Å²) in [6, 6.07) is 0. The van der Waals surface area contributed by atoms with Crippen molar-refractivity contribution < 1.29 is 4.52 Å². The van der Waals surface area contributed by atoms with Crippen LogP contribution in [0.25, 0.3) is 0 Å². The Morgan fingerprint density at radius 2 is 2.26 bits per heavy atom. The summed E-state index contributed by atoms with van der Waals surface area (Å²) < 4.78 is 5.18. The first-order valence-corrected chi connectivity index (χ1v) is 6.55. The van der Waals surface area contributed by atoms with Gasteiger partial charge in [-0.05, 0) is 6.42 Å². The fourth-order valence-electron chi connectivity index (χ4n) is 1.44. The molecule has 1 aromatic rings. The van der Waals surface area contributed by atoms with Crippen molar-refractivity contribution in [3.63, 3.8) is 0 Å². The fraction of sp³-hybridized carbons (Fsp3) is 0.615. The van der Waals surface area contributed by atoms with E-state index >= 15 is 0 Å². The van der Waals surface area contributed by atoms with Gasteiger partial charge in [-0.25, -0.2) is 0 Å². The number of hydrogen-bond acceptors (Lipinski definition) is 4. The van der Waals surface area contributed by atoms with Gasteiger partial charge in [0.25, 0.3) is 0 Å². The van der Waals surface area contributed by atoms with Gasteiger partial charge in [-0.3, -0.25) is 4.99 Å². The molecule has 0 bridgehead atoms. The number of nitrogens with one attached hydrogen (secondary N) is 2. The Hall–Kier alpha value is -1.85. The average Bonchev–Trinajstić information content (AvgIpc) is 2.87. The molecule has 0 aliphatic heterocycles. The van der Waals surface area contributed by atoms with Crippen LogP contribution in [0.4, 0.5) is 0 Å². The van der Waals surface area contributed by atoms with Crippen molar-refractivity contribution in [3.8, 4) is 0 Å².